The lowest BCUT2D eigenvalue weighted by Crippen LogP contribution is -2.24. The quantitative estimate of drug-likeness (QED) is 0.767. The molecule has 1 atom stereocenters. The zero-order valence-corrected chi connectivity index (χ0v) is 14.0. The van der Waals surface area contributed by atoms with Gasteiger partial charge in [0.2, 0.25) is 0 Å². The molecule has 0 fully saturated rings. The second-order valence-corrected chi connectivity index (χ2v) is 6.08. The fourth-order valence-electron chi connectivity index (χ4n) is 2.18. The molecule has 1 unspecified atom stereocenters. The van der Waals surface area contributed by atoms with E-state index in [1.165, 1.54) is 0 Å². The van der Waals surface area contributed by atoms with Crippen molar-refractivity contribution < 1.29 is 0 Å². The van der Waals surface area contributed by atoms with Crippen LogP contribution in [-0.2, 0) is 6.42 Å². The molecule has 0 aliphatic heterocycles. The lowest BCUT2D eigenvalue weighted by atomic mass is 9.99. The van der Waals surface area contributed by atoms with Gasteiger partial charge in [-0.25, -0.2) is 0 Å². The highest BCUT2D eigenvalue weighted by atomic mass is 35.5. The number of pyridine rings is 1. The van der Waals surface area contributed by atoms with Crippen molar-refractivity contribution in [2.45, 2.75) is 25.8 Å². The Bertz CT molecular complexity index is 602. The highest BCUT2D eigenvalue weighted by Gasteiger charge is 2.15. The molecule has 1 aromatic carbocycles. The molecule has 112 valence electrons. The first-order valence-electron chi connectivity index (χ1n) is 6.88. The topological polar surface area (TPSA) is 24.9 Å². The van der Waals surface area contributed by atoms with E-state index in [1.807, 2.05) is 24.3 Å². The predicted octanol–water partition coefficient (Wildman–Crippen LogP) is 5.33. The van der Waals surface area contributed by atoms with E-state index in [2.05, 4.69) is 17.2 Å². The van der Waals surface area contributed by atoms with Crippen molar-refractivity contribution in [3.05, 3.63) is 62.9 Å². The molecule has 21 heavy (non-hydrogen) atoms. The van der Waals surface area contributed by atoms with E-state index < -0.39 is 0 Å². The van der Waals surface area contributed by atoms with Crippen LogP contribution in [0.4, 0.5) is 0 Å². The van der Waals surface area contributed by atoms with Crippen LogP contribution in [0.1, 0.15) is 30.5 Å². The van der Waals surface area contributed by atoms with Gasteiger partial charge in [-0.15, -0.1) is 0 Å². The highest BCUT2D eigenvalue weighted by Crippen LogP contribution is 2.28. The minimum absolute atomic E-state index is 0.123. The number of hydrogen-bond donors (Lipinski definition) is 1. The Morgan fingerprint density at radius 1 is 1.10 bits per heavy atom. The minimum Gasteiger partial charge on any atom is -0.310 e. The molecule has 0 saturated heterocycles. The molecule has 5 heteroatoms. The van der Waals surface area contributed by atoms with Crippen molar-refractivity contribution >= 4 is 34.8 Å². The number of hydrogen-bond acceptors (Lipinski definition) is 2. The summed E-state index contributed by atoms with van der Waals surface area (Å²) in [4.78, 5) is 4.04. The van der Waals surface area contributed by atoms with Gasteiger partial charge in [0.05, 0.1) is 15.1 Å². The van der Waals surface area contributed by atoms with Crippen LogP contribution in [0, 0.1) is 0 Å². The van der Waals surface area contributed by atoms with Gasteiger partial charge in [-0.1, -0.05) is 47.8 Å². The molecule has 0 saturated carbocycles. The molecular weight excluding hydrogens is 327 g/mol. The van der Waals surface area contributed by atoms with Gasteiger partial charge in [-0.3, -0.25) is 4.98 Å². The molecule has 2 nitrogen and oxygen atoms in total. The molecule has 0 amide bonds. The molecule has 1 N–H and O–H groups in total. The molecule has 0 spiro atoms. The van der Waals surface area contributed by atoms with Crippen LogP contribution in [0.2, 0.25) is 15.1 Å². The molecular formula is C16H17Cl3N2. The number of halogens is 3. The van der Waals surface area contributed by atoms with E-state index in [4.69, 9.17) is 34.8 Å². The third-order valence-corrected chi connectivity index (χ3v) is 4.30. The monoisotopic (exact) mass is 342 g/mol. The molecule has 0 aliphatic carbocycles. The normalized spacial score (nSPS) is 12.4. The lowest BCUT2D eigenvalue weighted by molar-refractivity contribution is 0.529. The standard InChI is InChI=1S/C16H17Cl3N2/c1-2-6-21-16(12-5-7-20-10-15(12)19)9-11-3-4-13(17)14(18)8-11/h3-5,7-8,10,16,21H,2,6,9H2,1H3. The fourth-order valence-corrected chi connectivity index (χ4v) is 2.75. The summed E-state index contributed by atoms with van der Waals surface area (Å²) in [5.41, 5.74) is 2.16. The van der Waals surface area contributed by atoms with Gasteiger partial charge in [-0.05, 0) is 48.7 Å². The summed E-state index contributed by atoms with van der Waals surface area (Å²) >= 11 is 18.3. The number of nitrogens with zero attached hydrogens (tertiary/aromatic N) is 1. The Balaban J connectivity index is 2.24. The molecule has 0 aliphatic rings. The van der Waals surface area contributed by atoms with Crippen molar-refractivity contribution in [3.8, 4) is 0 Å². The van der Waals surface area contributed by atoms with Gasteiger partial charge in [0.15, 0.2) is 0 Å². The molecule has 1 heterocycles. The van der Waals surface area contributed by atoms with E-state index in [-0.39, 0.29) is 6.04 Å². The molecule has 1 aromatic heterocycles. The van der Waals surface area contributed by atoms with Crippen LogP contribution >= 0.6 is 34.8 Å². The van der Waals surface area contributed by atoms with Gasteiger partial charge < -0.3 is 5.32 Å². The third kappa shape index (κ3) is 4.58. The highest BCUT2D eigenvalue weighted by molar-refractivity contribution is 6.42. The lowest BCUT2D eigenvalue weighted by Gasteiger charge is -2.20. The van der Waals surface area contributed by atoms with Crippen molar-refractivity contribution in [1.82, 2.24) is 10.3 Å². The van der Waals surface area contributed by atoms with E-state index in [0.717, 1.165) is 30.5 Å². The number of nitrogens with one attached hydrogen (secondary N) is 1. The first kappa shape index (κ1) is 16.6. The van der Waals surface area contributed by atoms with Gasteiger partial charge in [0.1, 0.15) is 0 Å². The Kier molecular flexibility index (Phi) is 6.31. The second kappa shape index (κ2) is 8.00. The molecule has 0 radical (unpaired) electrons. The van der Waals surface area contributed by atoms with Crippen LogP contribution < -0.4 is 5.32 Å². The van der Waals surface area contributed by atoms with Crippen LogP contribution in [0.15, 0.2) is 36.7 Å². The van der Waals surface area contributed by atoms with Gasteiger partial charge in [-0.2, -0.15) is 0 Å². The fraction of sp³-hybridized carbons (Fsp3) is 0.312. The average Bonchev–Trinajstić information content (AvgIpc) is 2.48. The molecule has 2 aromatic rings. The predicted molar refractivity (Wildman–Crippen MR) is 90.4 cm³/mol. The molecule has 2 rings (SSSR count). The van der Waals surface area contributed by atoms with Crippen LogP contribution in [0.5, 0.6) is 0 Å². The largest absolute Gasteiger partial charge is 0.310 e. The van der Waals surface area contributed by atoms with Crippen molar-refractivity contribution in [2.75, 3.05) is 6.54 Å². The summed E-state index contributed by atoms with van der Waals surface area (Å²) < 4.78 is 0. The summed E-state index contributed by atoms with van der Waals surface area (Å²) in [6, 6.07) is 7.79. The number of rotatable bonds is 6. The zero-order chi connectivity index (χ0) is 15.2. The summed E-state index contributed by atoms with van der Waals surface area (Å²) in [7, 11) is 0. The maximum Gasteiger partial charge on any atom is 0.0637 e. The van der Waals surface area contributed by atoms with E-state index in [0.29, 0.717) is 15.1 Å². The van der Waals surface area contributed by atoms with Crippen molar-refractivity contribution in [3.63, 3.8) is 0 Å². The van der Waals surface area contributed by atoms with Crippen LogP contribution in [0.25, 0.3) is 0 Å². The molecule has 0 bridgehead atoms. The third-order valence-electron chi connectivity index (χ3n) is 3.24. The van der Waals surface area contributed by atoms with Crippen molar-refractivity contribution in [2.24, 2.45) is 0 Å². The summed E-state index contributed by atoms with van der Waals surface area (Å²) in [5.74, 6) is 0. The van der Waals surface area contributed by atoms with Crippen LogP contribution in [-0.4, -0.2) is 11.5 Å². The summed E-state index contributed by atoms with van der Waals surface area (Å²) in [6.07, 6.45) is 5.28. The van der Waals surface area contributed by atoms with Gasteiger partial charge in [0, 0.05) is 18.4 Å². The second-order valence-electron chi connectivity index (χ2n) is 4.86. The van der Waals surface area contributed by atoms with Crippen LogP contribution in [0.3, 0.4) is 0 Å². The minimum atomic E-state index is 0.123. The van der Waals surface area contributed by atoms with Gasteiger partial charge in [0.25, 0.3) is 0 Å². The Labute approximate surface area is 140 Å². The Morgan fingerprint density at radius 2 is 1.90 bits per heavy atom. The average molecular weight is 344 g/mol. The number of benzene rings is 1. The van der Waals surface area contributed by atoms with E-state index >= 15 is 0 Å². The summed E-state index contributed by atoms with van der Waals surface area (Å²) in [5, 5.41) is 5.34. The Morgan fingerprint density at radius 3 is 2.57 bits per heavy atom. The maximum absolute atomic E-state index is 6.27. The van der Waals surface area contributed by atoms with Crippen molar-refractivity contribution in [1.29, 1.82) is 0 Å². The summed E-state index contributed by atoms with van der Waals surface area (Å²) in [6.45, 7) is 3.06. The number of aromatic nitrogens is 1. The van der Waals surface area contributed by atoms with E-state index in [9.17, 15) is 0 Å². The first-order chi connectivity index (χ1) is 10.1. The Hall–Kier alpha value is -0.800. The first-order valence-corrected chi connectivity index (χ1v) is 8.02. The van der Waals surface area contributed by atoms with E-state index in [1.54, 1.807) is 12.4 Å². The SMILES string of the molecule is CCCNC(Cc1ccc(Cl)c(Cl)c1)c1ccncc1Cl. The smallest absolute Gasteiger partial charge is 0.0637 e. The van der Waals surface area contributed by atoms with Gasteiger partial charge >= 0.3 is 0 Å². The maximum atomic E-state index is 6.27. The zero-order valence-electron chi connectivity index (χ0n) is 11.7.